The molecule has 1 aromatic carbocycles. The SMILES string of the molecule is CCOC(=O)c1c(CSc2ccccc2)n(C)c2c1=C(CN(C)C)C(=O)C(Br)C=2.Cl. The average Bonchev–Trinajstić information content (AvgIpc) is 2.96. The van der Waals surface area contributed by atoms with Gasteiger partial charge in [-0.05, 0) is 39.2 Å². The summed E-state index contributed by atoms with van der Waals surface area (Å²) in [4.78, 5) is 28.6. The van der Waals surface area contributed by atoms with Crippen molar-refractivity contribution in [1.29, 1.82) is 0 Å². The van der Waals surface area contributed by atoms with Crippen LogP contribution in [0.1, 0.15) is 23.0 Å². The van der Waals surface area contributed by atoms with Gasteiger partial charge in [-0.2, -0.15) is 0 Å². The molecule has 1 unspecified atom stereocenters. The van der Waals surface area contributed by atoms with Gasteiger partial charge in [0.25, 0.3) is 0 Å². The van der Waals surface area contributed by atoms with E-state index < -0.39 is 4.83 Å². The fourth-order valence-corrected chi connectivity index (χ4v) is 5.01. The molecule has 0 fully saturated rings. The smallest absolute Gasteiger partial charge is 0.340 e. The van der Waals surface area contributed by atoms with Gasteiger partial charge in [-0.15, -0.1) is 24.2 Å². The van der Waals surface area contributed by atoms with E-state index in [4.69, 9.17) is 4.74 Å². The Morgan fingerprint density at radius 1 is 1.27 bits per heavy atom. The third kappa shape index (κ3) is 5.02. The second kappa shape index (κ2) is 10.7. The molecule has 1 aliphatic rings. The van der Waals surface area contributed by atoms with Gasteiger partial charge in [0.2, 0.25) is 0 Å². The summed E-state index contributed by atoms with van der Waals surface area (Å²) in [5.74, 6) is 0.217. The highest BCUT2D eigenvalue weighted by atomic mass is 79.9. The normalized spacial score (nSPS) is 15.5. The van der Waals surface area contributed by atoms with E-state index in [1.54, 1.807) is 18.7 Å². The topological polar surface area (TPSA) is 51.5 Å². The molecule has 0 saturated carbocycles. The zero-order valence-corrected chi connectivity index (χ0v) is 20.7. The fraction of sp³-hybridized carbons (Fsp3) is 0.364. The van der Waals surface area contributed by atoms with Crippen LogP contribution in [-0.2, 0) is 22.3 Å². The number of esters is 1. The first kappa shape index (κ1) is 24.7. The van der Waals surface area contributed by atoms with E-state index in [0.29, 0.717) is 28.7 Å². The second-order valence-electron chi connectivity index (χ2n) is 7.11. The number of aromatic nitrogens is 1. The molecule has 1 aliphatic carbocycles. The number of nitrogens with zero attached hydrogens (tertiary/aromatic N) is 2. The van der Waals surface area contributed by atoms with Gasteiger partial charge in [0.15, 0.2) is 5.78 Å². The molecule has 3 rings (SSSR count). The Morgan fingerprint density at radius 3 is 2.53 bits per heavy atom. The lowest BCUT2D eigenvalue weighted by Gasteiger charge is -2.17. The molecule has 0 saturated heterocycles. The van der Waals surface area contributed by atoms with Crippen molar-refractivity contribution in [2.75, 3.05) is 27.2 Å². The summed E-state index contributed by atoms with van der Waals surface area (Å²) in [6, 6.07) is 10.1. The first-order valence-corrected chi connectivity index (χ1v) is 11.4. The van der Waals surface area contributed by atoms with Gasteiger partial charge in [-0.25, -0.2) is 4.79 Å². The summed E-state index contributed by atoms with van der Waals surface area (Å²) in [5.41, 5.74) is 2.02. The largest absolute Gasteiger partial charge is 0.462 e. The van der Waals surface area contributed by atoms with Crippen LogP contribution in [0.3, 0.4) is 0 Å². The van der Waals surface area contributed by atoms with Crippen molar-refractivity contribution < 1.29 is 14.3 Å². The molecule has 5 nitrogen and oxygen atoms in total. The average molecular weight is 514 g/mol. The summed E-state index contributed by atoms with van der Waals surface area (Å²) in [7, 11) is 5.78. The van der Waals surface area contributed by atoms with Crippen LogP contribution in [0.15, 0.2) is 35.2 Å². The maximum absolute atomic E-state index is 13.0. The Morgan fingerprint density at radius 2 is 1.93 bits per heavy atom. The van der Waals surface area contributed by atoms with Crippen LogP contribution in [0, 0.1) is 0 Å². The second-order valence-corrected chi connectivity index (χ2v) is 9.15. The maximum atomic E-state index is 13.0. The number of halogens is 2. The van der Waals surface area contributed by atoms with E-state index in [9.17, 15) is 9.59 Å². The van der Waals surface area contributed by atoms with Gasteiger partial charge in [0.1, 0.15) is 0 Å². The van der Waals surface area contributed by atoms with Gasteiger partial charge >= 0.3 is 5.97 Å². The zero-order valence-electron chi connectivity index (χ0n) is 17.5. The standard InChI is InChI=1S/C22H25BrN2O3S.ClH/c1-5-28-22(27)20-18(13-29-14-9-7-6-8-10-14)25(4)17-11-16(23)21(26)15(19(17)20)12-24(2)3;/h6-11,16H,5,12-13H2,1-4H3;1H. The minimum absolute atomic E-state index is 0. The molecule has 0 N–H and O–H groups in total. The number of ketones is 1. The van der Waals surface area contributed by atoms with Crippen molar-refractivity contribution in [1.82, 2.24) is 9.47 Å². The molecule has 0 spiro atoms. The Bertz CT molecular complexity index is 1050. The fourth-order valence-electron chi connectivity index (χ4n) is 3.49. The van der Waals surface area contributed by atoms with Crippen molar-refractivity contribution in [2.24, 2.45) is 7.05 Å². The Kier molecular flexibility index (Phi) is 8.79. The molecule has 8 heteroatoms. The van der Waals surface area contributed by atoms with E-state index in [1.807, 2.05) is 67.0 Å². The van der Waals surface area contributed by atoms with E-state index in [-0.39, 0.29) is 30.8 Å². The van der Waals surface area contributed by atoms with E-state index >= 15 is 0 Å². The first-order valence-electron chi connectivity index (χ1n) is 9.45. The molecule has 0 amide bonds. The number of Topliss-reactive ketones (excluding diaryl/α,β-unsaturated/α-hetero) is 1. The lowest BCUT2D eigenvalue weighted by molar-refractivity contribution is -0.112. The van der Waals surface area contributed by atoms with Crippen molar-refractivity contribution >= 4 is 63.5 Å². The highest BCUT2D eigenvalue weighted by molar-refractivity contribution is 9.10. The molecule has 1 aromatic heterocycles. The third-order valence-corrected chi connectivity index (χ3v) is 6.49. The summed E-state index contributed by atoms with van der Waals surface area (Å²) >= 11 is 5.14. The quantitative estimate of drug-likeness (QED) is 0.324. The van der Waals surface area contributed by atoms with Crippen LogP contribution in [0.2, 0.25) is 0 Å². The summed E-state index contributed by atoms with van der Waals surface area (Å²) in [6.45, 7) is 2.54. The molecule has 0 bridgehead atoms. The molecule has 1 atom stereocenters. The van der Waals surface area contributed by atoms with Crippen LogP contribution in [-0.4, -0.2) is 53.3 Å². The summed E-state index contributed by atoms with van der Waals surface area (Å²) < 4.78 is 7.41. The van der Waals surface area contributed by atoms with Crippen LogP contribution in [0.5, 0.6) is 0 Å². The Labute approximate surface area is 195 Å². The molecular weight excluding hydrogens is 488 g/mol. The number of fused-ring (bicyclic) bond motifs is 1. The van der Waals surface area contributed by atoms with Crippen LogP contribution in [0.4, 0.5) is 0 Å². The lowest BCUT2D eigenvalue weighted by atomic mass is 9.98. The molecule has 0 radical (unpaired) electrons. The molecule has 162 valence electrons. The van der Waals surface area contributed by atoms with Gasteiger partial charge in [0.05, 0.1) is 17.0 Å². The van der Waals surface area contributed by atoms with E-state index in [2.05, 4.69) is 15.9 Å². The van der Waals surface area contributed by atoms with Crippen molar-refractivity contribution in [3.05, 3.63) is 52.2 Å². The number of hydrogen-bond donors (Lipinski definition) is 0. The number of thioether (sulfide) groups is 1. The highest BCUT2D eigenvalue weighted by Gasteiger charge is 2.30. The lowest BCUT2D eigenvalue weighted by Crippen LogP contribution is -2.43. The molecule has 2 aromatic rings. The number of carbonyl (C=O) groups excluding carboxylic acids is 2. The zero-order chi connectivity index (χ0) is 21.1. The minimum Gasteiger partial charge on any atom is -0.462 e. The molecule has 1 heterocycles. The van der Waals surface area contributed by atoms with Crippen LogP contribution < -0.4 is 10.6 Å². The maximum Gasteiger partial charge on any atom is 0.340 e. The summed E-state index contributed by atoms with van der Waals surface area (Å²) in [5, 5.41) is 1.60. The summed E-state index contributed by atoms with van der Waals surface area (Å²) in [6.07, 6.45) is 1.89. The van der Waals surface area contributed by atoms with Gasteiger partial charge in [-0.1, -0.05) is 34.1 Å². The number of alkyl halides is 1. The number of benzene rings is 1. The minimum atomic E-state index is -0.400. The monoisotopic (exact) mass is 512 g/mol. The third-order valence-electron chi connectivity index (χ3n) is 4.79. The predicted octanol–water partition coefficient (Wildman–Crippen LogP) is 2.75. The molecular formula is C22H26BrClN2O3S. The highest BCUT2D eigenvalue weighted by Crippen LogP contribution is 2.24. The number of rotatable bonds is 7. The van der Waals surface area contributed by atoms with Gasteiger partial charge < -0.3 is 14.2 Å². The number of hydrogen-bond acceptors (Lipinski definition) is 5. The van der Waals surface area contributed by atoms with Crippen LogP contribution in [0.25, 0.3) is 11.6 Å². The Balaban J connectivity index is 0.00000320. The van der Waals surface area contributed by atoms with Crippen molar-refractivity contribution in [3.8, 4) is 0 Å². The van der Waals surface area contributed by atoms with E-state index in [1.165, 1.54) is 0 Å². The Hall–Kier alpha value is -1.54. The molecule has 0 aliphatic heterocycles. The van der Waals surface area contributed by atoms with Crippen molar-refractivity contribution in [3.63, 3.8) is 0 Å². The van der Waals surface area contributed by atoms with Crippen molar-refractivity contribution in [2.45, 2.75) is 22.4 Å². The van der Waals surface area contributed by atoms with Gasteiger partial charge in [-0.3, -0.25) is 4.79 Å². The van der Waals surface area contributed by atoms with Gasteiger partial charge in [0, 0.05) is 46.1 Å². The number of ether oxygens (including phenoxy) is 1. The number of carbonyl (C=O) groups is 2. The predicted molar refractivity (Wildman–Crippen MR) is 128 cm³/mol. The molecule has 30 heavy (non-hydrogen) atoms. The van der Waals surface area contributed by atoms with E-state index in [0.717, 1.165) is 15.9 Å². The van der Waals surface area contributed by atoms with Crippen LogP contribution >= 0.6 is 40.1 Å². The first-order chi connectivity index (χ1) is 13.8.